The Balaban J connectivity index is 1.57. The minimum absolute atomic E-state index is 0.0280. The molecule has 0 saturated heterocycles. The molecule has 0 unspecified atom stereocenters. The molecule has 1 aliphatic carbocycles. The highest BCUT2D eigenvalue weighted by molar-refractivity contribution is 5.96. The normalized spacial score (nSPS) is 14.3. The molecular formula is C26H30N4O3. The molecule has 2 aromatic heterocycles. The third-order valence-electron chi connectivity index (χ3n) is 6.27. The lowest BCUT2D eigenvalue weighted by Crippen LogP contribution is -2.13. The van der Waals surface area contributed by atoms with E-state index in [1.54, 1.807) is 35.3 Å². The van der Waals surface area contributed by atoms with Crippen LogP contribution < -0.4 is 0 Å². The summed E-state index contributed by atoms with van der Waals surface area (Å²) in [4.78, 5) is 33.4. The van der Waals surface area contributed by atoms with Gasteiger partial charge in [0.15, 0.2) is 0 Å². The number of benzene rings is 1. The van der Waals surface area contributed by atoms with Gasteiger partial charge in [-0.25, -0.2) is 14.5 Å². The van der Waals surface area contributed by atoms with Crippen LogP contribution in [0.4, 0.5) is 0 Å². The molecule has 0 atom stereocenters. The van der Waals surface area contributed by atoms with Crippen LogP contribution in [0.25, 0.3) is 11.1 Å². The summed E-state index contributed by atoms with van der Waals surface area (Å²) < 4.78 is 1.79. The van der Waals surface area contributed by atoms with E-state index in [0.29, 0.717) is 30.3 Å². The molecule has 1 aliphatic rings. The number of ketones is 1. The van der Waals surface area contributed by atoms with Crippen molar-refractivity contribution >= 4 is 11.8 Å². The first kappa shape index (κ1) is 22.8. The van der Waals surface area contributed by atoms with E-state index >= 15 is 0 Å². The number of hydrogen-bond donors (Lipinski definition) is 1. The van der Waals surface area contributed by atoms with E-state index in [1.165, 1.54) is 19.3 Å². The lowest BCUT2D eigenvalue weighted by atomic mass is 9.86. The second kappa shape index (κ2) is 10.5. The van der Waals surface area contributed by atoms with Crippen LogP contribution in [0.15, 0.2) is 42.7 Å². The Morgan fingerprint density at radius 1 is 1.12 bits per heavy atom. The molecule has 7 nitrogen and oxygen atoms in total. The van der Waals surface area contributed by atoms with Gasteiger partial charge in [0.25, 0.3) is 0 Å². The number of carboxylic acids is 1. The van der Waals surface area contributed by atoms with E-state index in [2.05, 4.69) is 22.0 Å². The molecule has 0 aliphatic heterocycles. The van der Waals surface area contributed by atoms with Crippen LogP contribution in [0.1, 0.15) is 84.2 Å². The highest BCUT2D eigenvalue weighted by Gasteiger charge is 2.22. The van der Waals surface area contributed by atoms with Crippen molar-refractivity contribution in [3.63, 3.8) is 0 Å². The first-order chi connectivity index (χ1) is 16.0. The van der Waals surface area contributed by atoms with Gasteiger partial charge in [0.1, 0.15) is 5.82 Å². The molecule has 1 saturated carbocycles. The zero-order valence-corrected chi connectivity index (χ0v) is 19.0. The summed E-state index contributed by atoms with van der Waals surface area (Å²) in [5.74, 6) is 0.604. The van der Waals surface area contributed by atoms with Gasteiger partial charge in [-0.1, -0.05) is 57.2 Å². The number of aryl methyl sites for hydroxylation is 1. The second-order valence-corrected chi connectivity index (χ2v) is 8.82. The molecule has 33 heavy (non-hydrogen) atoms. The van der Waals surface area contributed by atoms with Crippen LogP contribution in [-0.4, -0.2) is 36.6 Å². The number of aromatic carboxylic acids is 1. The topological polar surface area (TPSA) is 98.0 Å². The molecule has 4 rings (SSSR count). The molecule has 3 aromatic rings. The van der Waals surface area contributed by atoms with E-state index in [-0.39, 0.29) is 11.3 Å². The minimum Gasteiger partial charge on any atom is -0.478 e. The highest BCUT2D eigenvalue weighted by atomic mass is 16.4. The highest BCUT2D eigenvalue weighted by Crippen LogP contribution is 2.27. The maximum atomic E-state index is 12.9. The number of nitrogens with zero attached hydrogens (tertiary/aromatic N) is 4. The molecular weight excluding hydrogens is 416 g/mol. The summed E-state index contributed by atoms with van der Waals surface area (Å²) in [6, 6.07) is 8.82. The molecule has 172 valence electrons. The van der Waals surface area contributed by atoms with E-state index in [4.69, 9.17) is 0 Å². The molecule has 0 amide bonds. The fourth-order valence-corrected chi connectivity index (χ4v) is 4.59. The molecule has 0 spiro atoms. The smallest absolute Gasteiger partial charge is 0.336 e. The van der Waals surface area contributed by atoms with Crippen molar-refractivity contribution in [2.24, 2.45) is 5.92 Å². The van der Waals surface area contributed by atoms with Gasteiger partial charge in [0.2, 0.25) is 11.6 Å². The third-order valence-corrected chi connectivity index (χ3v) is 6.27. The minimum atomic E-state index is -0.973. The van der Waals surface area contributed by atoms with Crippen molar-refractivity contribution in [1.82, 2.24) is 19.7 Å². The molecule has 0 radical (unpaired) electrons. The zero-order chi connectivity index (χ0) is 23.2. The average Bonchev–Trinajstić information content (AvgIpc) is 3.22. The number of carbonyl (C=O) groups excluding carboxylic acids is 1. The summed E-state index contributed by atoms with van der Waals surface area (Å²) >= 11 is 0. The predicted molar refractivity (Wildman–Crippen MR) is 125 cm³/mol. The van der Waals surface area contributed by atoms with Gasteiger partial charge in [0, 0.05) is 30.8 Å². The first-order valence-corrected chi connectivity index (χ1v) is 11.8. The Morgan fingerprint density at radius 2 is 1.91 bits per heavy atom. The van der Waals surface area contributed by atoms with Gasteiger partial charge in [-0.3, -0.25) is 9.78 Å². The number of Topliss-reactive ketones (excluding diaryl/α,β-unsaturated/α-hetero) is 1. The Bertz CT molecular complexity index is 1130. The van der Waals surface area contributed by atoms with Crippen molar-refractivity contribution in [1.29, 1.82) is 0 Å². The summed E-state index contributed by atoms with van der Waals surface area (Å²) in [6.45, 7) is 2.50. The van der Waals surface area contributed by atoms with Crippen molar-refractivity contribution < 1.29 is 14.7 Å². The van der Waals surface area contributed by atoms with Gasteiger partial charge >= 0.3 is 5.97 Å². The van der Waals surface area contributed by atoms with Crippen LogP contribution in [0.2, 0.25) is 0 Å². The van der Waals surface area contributed by atoms with E-state index < -0.39 is 5.97 Å². The lowest BCUT2D eigenvalue weighted by molar-refractivity contribution is 0.0697. The molecule has 0 bridgehead atoms. The summed E-state index contributed by atoms with van der Waals surface area (Å²) in [5, 5.41) is 14.1. The van der Waals surface area contributed by atoms with Gasteiger partial charge < -0.3 is 5.11 Å². The molecule has 1 aromatic carbocycles. The Kier molecular flexibility index (Phi) is 7.27. The van der Waals surface area contributed by atoms with Crippen LogP contribution in [-0.2, 0) is 13.0 Å². The van der Waals surface area contributed by atoms with Crippen LogP contribution in [0.5, 0.6) is 0 Å². The van der Waals surface area contributed by atoms with Crippen molar-refractivity contribution in [3.8, 4) is 11.1 Å². The van der Waals surface area contributed by atoms with Gasteiger partial charge in [-0.05, 0) is 35.6 Å². The van der Waals surface area contributed by atoms with E-state index in [9.17, 15) is 14.7 Å². The van der Waals surface area contributed by atoms with Crippen LogP contribution in [0, 0.1) is 5.92 Å². The van der Waals surface area contributed by atoms with E-state index in [1.807, 2.05) is 12.1 Å². The summed E-state index contributed by atoms with van der Waals surface area (Å²) in [6.07, 6.45) is 11.5. The fraction of sp³-hybridized carbons (Fsp3) is 0.423. The average molecular weight is 447 g/mol. The maximum Gasteiger partial charge on any atom is 0.336 e. The monoisotopic (exact) mass is 446 g/mol. The molecule has 1 N–H and O–H groups in total. The fourth-order valence-electron chi connectivity index (χ4n) is 4.59. The Morgan fingerprint density at radius 3 is 2.67 bits per heavy atom. The number of pyridine rings is 1. The van der Waals surface area contributed by atoms with Crippen LogP contribution in [0.3, 0.4) is 0 Å². The van der Waals surface area contributed by atoms with Gasteiger partial charge in [-0.2, -0.15) is 0 Å². The molecule has 1 fully saturated rings. The van der Waals surface area contributed by atoms with Crippen molar-refractivity contribution in [3.05, 3.63) is 65.5 Å². The lowest BCUT2D eigenvalue weighted by Gasteiger charge is -2.19. The zero-order valence-electron chi connectivity index (χ0n) is 19.0. The van der Waals surface area contributed by atoms with E-state index in [0.717, 1.165) is 42.6 Å². The maximum absolute atomic E-state index is 12.9. The second-order valence-electron chi connectivity index (χ2n) is 8.82. The first-order valence-electron chi connectivity index (χ1n) is 11.8. The third kappa shape index (κ3) is 5.53. The van der Waals surface area contributed by atoms with Gasteiger partial charge in [0.05, 0.1) is 12.1 Å². The number of rotatable bonds is 9. The predicted octanol–water partition coefficient (Wildman–Crippen LogP) is 5.19. The largest absolute Gasteiger partial charge is 0.478 e. The number of hydrogen-bond acceptors (Lipinski definition) is 5. The Labute approximate surface area is 193 Å². The summed E-state index contributed by atoms with van der Waals surface area (Å²) in [5.41, 5.74) is 2.46. The van der Waals surface area contributed by atoms with Crippen molar-refractivity contribution in [2.75, 3.05) is 0 Å². The van der Waals surface area contributed by atoms with Crippen molar-refractivity contribution in [2.45, 2.75) is 64.8 Å². The Hall–Kier alpha value is -3.35. The SMILES string of the molecule is CCCc1nc(C(=O)CC2CCCCC2)nn1Cc1cncc(-c2ccccc2C(=O)O)c1. The number of carbonyl (C=O) groups is 2. The molecule has 7 heteroatoms. The number of aromatic nitrogens is 4. The van der Waals surface area contributed by atoms with Crippen LogP contribution >= 0.6 is 0 Å². The number of carboxylic acid groups (broad SMARTS) is 1. The standard InChI is InChI=1S/C26H30N4O3/c1-2-8-24-28-25(23(31)14-18-9-4-3-5-10-18)29-30(24)17-19-13-20(16-27-15-19)21-11-6-7-12-22(21)26(32)33/h6-7,11-13,15-16,18H,2-5,8-10,14,17H2,1H3,(H,32,33). The molecule has 2 heterocycles. The summed E-state index contributed by atoms with van der Waals surface area (Å²) in [7, 11) is 0. The quantitative estimate of drug-likeness (QED) is 0.454. The van der Waals surface area contributed by atoms with Gasteiger partial charge in [-0.15, -0.1) is 5.10 Å².